The Balaban J connectivity index is 2.88. The molecule has 0 bridgehead atoms. The minimum atomic E-state index is -0.569. The van der Waals surface area contributed by atoms with Gasteiger partial charge in [0.15, 0.2) is 5.96 Å². The molecule has 0 heterocycles. The summed E-state index contributed by atoms with van der Waals surface area (Å²) >= 11 is 0. The summed E-state index contributed by atoms with van der Waals surface area (Å²) in [5, 5.41) is 5.85. The van der Waals surface area contributed by atoms with Crippen molar-refractivity contribution < 1.29 is 14.3 Å². The fraction of sp³-hybridized carbons (Fsp3) is 0.600. The molecule has 0 spiro atoms. The van der Waals surface area contributed by atoms with Crippen LogP contribution in [0.4, 0.5) is 4.79 Å². The molecule has 0 saturated heterocycles. The predicted octanol–water partition coefficient (Wildman–Crippen LogP) is 2.93. The Morgan fingerprint density at radius 3 is 2.30 bits per heavy atom. The van der Waals surface area contributed by atoms with Crippen LogP contribution >= 0.6 is 0 Å². The lowest BCUT2D eigenvalue weighted by atomic mass is 9.99. The number of hydrogen-bond donors (Lipinski definition) is 3. The highest BCUT2D eigenvalue weighted by Crippen LogP contribution is 2.20. The number of nitrogens with one attached hydrogen (secondary N) is 2. The van der Waals surface area contributed by atoms with Gasteiger partial charge in [0.05, 0.1) is 19.2 Å². The molecule has 0 aliphatic heterocycles. The number of amides is 1. The van der Waals surface area contributed by atoms with E-state index in [0.717, 1.165) is 5.56 Å². The Hall–Kier alpha value is -2.28. The minimum absolute atomic E-state index is 0.298. The van der Waals surface area contributed by atoms with E-state index < -0.39 is 11.7 Å². The monoisotopic (exact) mass is 378 g/mol. The fourth-order valence-electron chi connectivity index (χ4n) is 2.32. The van der Waals surface area contributed by atoms with Crippen molar-refractivity contribution in [2.75, 3.05) is 26.8 Å². The maximum Gasteiger partial charge on any atom is 0.408 e. The molecular weight excluding hydrogens is 344 g/mol. The molecule has 0 saturated carbocycles. The van der Waals surface area contributed by atoms with E-state index in [9.17, 15) is 4.79 Å². The van der Waals surface area contributed by atoms with Gasteiger partial charge in [0.25, 0.3) is 0 Å². The zero-order chi connectivity index (χ0) is 20.4. The third-order valence-corrected chi connectivity index (χ3v) is 3.75. The number of hydrogen-bond acceptors (Lipinski definition) is 4. The van der Waals surface area contributed by atoms with Crippen LogP contribution in [0.5, 0.6) is 0 Å². The highest BCUT2D eigenvalue weighted by molar-refractivity contribution is 5.77. The number of guanidine groups is 1. The van der Waals surface area contributed by atoms with E-state index in [1.165, 1.54) is 5.56 Å². The summed E-state index contributed by atoms with van der Waals surface area (Å²) in [4.78, 5) is 16.6. The lowest BCUT2D eigenvalue weighted by Gasteiger charge is -2.23. The van der Waals surface area contributed by atoms with Crippen LogP contribution in [0.3, 0.4) is 0 Å². The van der Waals surface area contributed by atoms with Gasteiger partial charge >= 0.3 is 6.09 Å². The first kappa shape index (κ1) is 22.8. The number of carbonyl (C=O) groups excluding carboxylic acids is 1. The first-order valence-electron chi connectivity index (χ1n) is 9.24. The second-order valence-corrected chi connectivity index (χ2v) is 7.67. The van der Waals surface area contributed by atoms with Crippen molar-refractivity contribution in [3.8, 4) is 0 Å². The van der Waals surface area contributed by atoms with Crippen LogP contribution in [0.1, 0.15) is 57.7 Å². The highest BCUT2D eigenvalue weighted by atomic mass is 16.6. The van der Waals surface area contributed by atoms with Crippen molar-refractivity contribution in [3.05, 3.63) is 35.4 Å². The van der Waals surface area contributed by atoms with Crippen LogP contribution in [-0.4, -0.2) is 44.5 Å². The van der Waals surface area contributed by atoms with Gasteiger partial charge in [-0.15, -0.1) is 0 Å². The molecule has 0 aliphatic rings. The molecule has 0 aliphatic carbocycles. The van der Waals surface area contributed by atoms with Gasteiger partial charge in [-0.2, -0.15) is 0 Å². The summed E-state index contributed by atoms with van der Waals surface area (Å²) < 4.78 is 10.3. The number of alkyl carbamates (subject to hydrolysis) is 1. The number of benzene rings is 1. The largest absolute Gasteiger partial charge is 0.444 e. The van der Waals surface area contributed by atoms with Crippen LogP contribution in [0.25, 0.3) is 0 Å². The molecular formula is C20H34N4O3. The summed E-state index contributed by atoms with van der Waals surface area (Å²) in [6, 6.07) is 7.79. The molecule has 1 rings (SSSR count). The molecule has 1 aromatic rings. The molecule has 1 amide bonds. The van der Waals surface area contributed by atoms with Gasteiger partial charge in [0.2, 0.25) is 0 Å². The van der Waals surface area contributed by atoms with E-state index >= 15 is 0 Å². The summed E-state index contributed by atoms with van der Waals surface area (Å²) in [6.07, 6.45) is -0.485. The zero-order valence-electron chi connectivity index (χ0n) is 17.3. The second-order valence-electron chi connectivity index (χ2n) is 7.67. The molecule has 0 aromatic heterocycles. The minimum Gasteiger partial charge on any atom is -0.444 e. The smallest absolute Gasteiger partial charge is 0.408 e. The normalized spacial score (nSPS) is 13.4. The Morgan fingerprint density at radius 1 is 1.19 bits per heavy atom. The number of methoxy groups -OCH3 is 1. The van der Waals surface area contributed by atoms with Crippen molar-refractivity contribution in [3.63, 3.8) is 0 Å². The van der Waals surface area contributed by atoms with Crippen LogP contribution in [0, 0.1) is 0 Å². The van der Waals surface area contributed by atoms with Crippen LogP contribution < -0.4 is 16.4 Å². The molecule has 0 radical (unpaired) electrons. The third kappa shape index (κ3) is 9.28. The number of rotatable bonds is 8. The van der Waals surface area contributed by atoms with Gasteiger partial charge in [-0.25, -0.2) is 4.79 Å². The average molecular weight is 379 g/mol. The van der Waals surface area contributed by atoms with Crippen LogP contribution in [0.15, 0.2) is 29.3 Å². The summed E-state index contributed by atoms with van der Waals surface area (Å²) in [5.41, 5.74) is 7.49. The van der Waals surface area contributed by atoms with Crippen molar-refractivity contribution in [2.24, 2.45) is 10.7 Å². The van der Waals surface area contributed by atoms with Crippen molar-refractivity contribution in [1.82, 2.24) is 10.6 Å². The van der Waals surface area contributed by atoms with E-state index in [0.29, 0.717) is 31.6 Å². The molecule has 152 valence electrons. The number of aliphatic imine (C=N–C) groups is 1. The molecule has 1 atom stereocenters. The molecule has 7 heteroatoms. The number of nitrogens with two attached hydrogens (primary N) is 1. The standard InChI is InChI=1S/C20H34N4O3/c1-14(2)15-7-9-16(10-8-15)17(24-19(25)27-20(3,4)5)13-23-18(21)22-11-12-26-6/h7-10,14,17H,11-13H2,1-6H3,(H,24,25)(H3,21,22,23). The van der Waals surface area contributed by atoms with Gasteiger partial charge in [-0.1, -0.05) is 38.1 Å². The quantitative estimate of drug-likeness (QED) is 0.367. The van der Waals surface area contributed by atoms with Gasteiger partial charge in [-0.05, 0) is 37.8 Å². The molecule has 1 aromatic carbocycles. The maximum absolute atomic E-state index is 12.2. The molecule has 0 fully saturated rings. The van der Waals surface area contributed by atoms with Crippen molar-refractivity contribution in [1.29, 1.82) is 0 Å². The van der Waals surface area contributed by atoms with E-state index in [-0.39, 0.29) is 6.04 Å². The number of nitrogens with zero attached hydrogens (tertiary/aromatic N) is 1. The number of carbonyl (C=O) groups is 1. The van der Waals surface area contributed by atoms with Gasteiger partial charge in [0.1, 0.15) is 5.60 Å². The van der Waals surface area contributed by atoms with Crippen LogP contribution in [0.2, 0.25) is 0 Å². The van der Waals surface area contributed by atoms with E-state index in [1.54, 1.807) is 7.11 Å². The Morgan fingerprint density at radius 2 is 1.78 bits per heavy atom. The summed E-state index contributed by atoms with van der Waals surface area (Å²) in [6.45, 7) is 11.2. The van der Waals surface area contributed by atoms with Crippen molar-refractivity contribution >= 4 is 12.1 Å². The molecule has 7 nitrogen and oxygen atoms in total. The van der Waals surface area contributed by atoms with E-state index in [2.05, 4.69) is 41.6 Å². The van der Waals surface area contributed by atoms with Gasteiger partial charge in [-0.3, -0.25) is 4.99 Å². The first-order chi connectivity index (χ1) is 12.6. The predicted molar refractivity (Wildman–Crippen MR) is 109 cm³/mol. The lowest BCUT2D eigenvalue weighted by Crippen LogP contribution is -2.38. The fourth-order valence-corrected chi connectivity index (χ4v) is 2.32. The SMILES string of the molecule is COCCNC(N)=NCC(NC(=O)OC(C)(C)C)c1ccc(C(C)C)cc1. The van der Waals surface area contributed by atoms with E-state index in [4.69, 9.17) is 15.2 Å². The second kappa shape index (κ2) is 10.8. The molecule has 4 N–H and O–H groups in total. The van der Waals surface area contributed by atoms with Gasteiger partial charge in [0, 0.05) is 13.7 Å². The Bertz CT molecular complexity index is 607. The Labute approximate surface area is 162 Å². The summed E-state index contributed by atoms with van der Waals surface area (Å²) in [5.74, 6) is 0.747. The zero-order valence-corrected chi connectivity index (χ0v) is 17.3. The Kier molecular flexibility index (Phi) is 9.08. The first-order valence-corrected chi connectivity index (χ1v) is 9.24. The van der Waals surface area contributed by atoms with Crippen molar-refractivity contribution in [2.45, 2.75) is 52.2 Å². The number of ether oxygens (including phenoxy) is 2. The molecule has 27 heavy (non-hydrogen) atoms. The van der Waals surface area contributed by atoms with E-state index in [1.807, 2.05) is 32.9 Å². The summed E-state index contributed by atoms with van der Waals surface area (Å²) in [7, 11) is 1.62. The van der Waals surface area contributed by atoms with Gasteiger partial charge < -0.3 is 25.8 Å². The third-order valence-electron chi connectivity index (χ3n) is 3.75. The highest BCUT2D eigenvalue weighted by Gasteiger charge is 2.20. The topological polar surface area (TPSA) is 98.0 Å². The maximum atomic E-state index is 12.2. The average Bonchev–Trinajstić information content (AvgIpc) is 2.57. The van der Waals surface area contributed by atoms with Crippen LogP contribution in [-0.2, 0) is 9.47 Å². The lowest BCUT2D eigenvalue weighted by molar-refractivity contribution is 0.0505. The molecule has 1 unspecified atom stereocenters.